The van der Waals surface area contributed by atoms with Crippen LogP contribution in [0.15, 0.2) is 11.1 Å². The topological polar surface area (TPSA) is 32.3 Å². The van der Waals surface area contributed by atoms with Crippen molar-refractivity contribution in [2.45, 2.75) is 38.1 Å². The molecule has 0 amide bonds. The van der Waals surface area contributed by atoms with E-state index in [0.717, 1.165) is 25.0 Å². The first-order valence-corrected chi connectivity index (χ1v) is 5.28. The molecule has 0 aromatic heterocycles. The number of aliphatic hydroxyl groups is 1. The van der Waals surface area contributed by atoms with Crippen molar-refractivity contribution < 1.29 is 5.11 Å². The summed E-state index contributed by atoms with van der Waals surface area (Å²) >= 11 is 5.56. The third-order valence-corrected chi connectivity index (χ3v) is 3.16. The molecule has 0 radical (unpaired) electrons. The van der Waals surface area contributed by atoms with Crippen molar-refractivity contribution in [3.05, 3.63) is 11.1 Å². The summed E-state index contributed by atoms with van der Waals surface area (Å²) in [6.07, 6.45) is 4.60. The average Bonchev–Trinajstić information content (AvgIpc) is 2.63. The lowest BCUT2D eigenvalue weighted by Crippen LogP contribution is -2.46. The molecule has 1 saturated carbocycles. The molecule has 0 bridgehead atoms. The molecule has 0 aliphatic heterocycles. The van der Waals surface area contributed by atoms with Gasteiger partial charge in [-0.15, -0.1) is 0 Å². The third-order valence-electron chi connectivity index (χ3n) is 2.79. The zero-order valence-corrected chi connectivity index (χ0v) is 8.90. The molecule has 3 heteroatoms. The van der Waals surface area contributed by atoms with Gasteiger partial charge in [-0.25, -0.2) is 0 Å². The van der Waals surface area contributed by atoms with Crippen LogP contribution in [0.25, 0.3) is 0 Å². The largest absolute Gasteiger partial charge is 0.394 e. The van der Waals surface area contributed by atoms with Crippen molar-refractivity contribution >= 4 is 11.6 Å². The van der Waals surface area contributed by atoms with E-state index in [1.54, 1.807) is 5.54 Å². The maximum atomic E-state index is 9.29. The molecule has 0 unspecified atom stereocenters. The first-order chi connectivity index (χ1) is 6.22. The van der Waals surface area contributed by atoms with Gasteiger partial charge in [-0.1, -0.05) is 24.4 Å². The molecule has 1 rings (SSSR count). The van der Waals surface area contributed by atoms with Gasteiger partial charge < -0.3 is 10.4 Å². The van der Waals surface area contributed by atoms with Gasteiger partial charge in [0.2, 0.25) is 0 Å². The quantitative estimate of drug-likeness (QED) is 0.733. The molecule has 0 heterocycles. The summed E-state index contributed by atoms with van der Waals surface area (Å²) in [5.74, 6) is 0. The third kappa shape index (κ3) is 2.97. The average molecular weight is 204 g/mol. The van der Waals surface area contributed by atoms with Gasteiger partial charge in [0.15, 0.2) is 0 Å². The van der Waals surface area contributed by atoms with E-state index in [4.69, 9.17) is 11.6 Å². The second-order valence-electron chi connectivity index (χ2n) is 3.95. The lowest BCUT2D eigenvalue weighted by molar-refractivity contribution is 0.168. The van der Waals surface area contributed by atoms with E-state index in [2.05, 4.69) is 5.32 Å². The molecule has 1 fully saturated rings. The van der Waals surface area contributed by atoms with Crippen molar-refractivity contribution in [3.63, 3.8) is 0 Å². The Bertz CT molecular complexity index is 185. The number of halogens is 1. The van der Waals surface area contributed by atoms with Gasteiger partial charge >= 0.3 is 0 Å². The van der Waals surface area contributed by atoms with Gasteiger partial charge in [-0.05, 0) is 25.3 Å². The molecule has 0 aromatic rings. The monoisotopic (exact) mass is 203 g/mol. The summed E-state index contributed by atoms with van der Waals surface area (Å²) in [5, 5.41) is 12.7. The predicted molar refractivity (Wildman–Crippen MR) is 55.9 cm³/mol. The van der Waals surface area contributed by atoms with Gasteiger partial charge in [0.05, 0.1) is 6.61 Å². The Morgan fingerprint density at radius 1 is 1.54 bits per heavy atom. The van der Waals surface area contributed by atoms with Gasteiger partial charge in [0, 0.05) is 17.6 Å². The molecular formula is C10H18ClNO. The van der Waals surface area contributed by atoms with Crippen molar-refractivity contribution in [1.29, 1.82) is 0 Å². The molecule has 1 aliphatic carbocycles. The number of hydrogen-bond donors (Lipinski definition) is 2. The van der Waals surface area contributed by atoms with Gasteiger partial charge in [0.25, 0.3) is 0 Å². The minimum atomic E-state index is -0.0266. The van der Waals surface area contributed by atoms with E-state index in [-0.39, 0.29) is 12.1 Å². The lowest BCUT2D eigenvalue weighted by atomic mass is 9.99. The zero-order valence-electron chi connectivity index (χ0n) is 8.15. The van der Waals surface area contributed by atoms with Crippen molar-refractivity contribution in [1.82, 2.24) is 5.32 Å². The van der Waals surface area contributed by atoms with Crippen LogP contribution >= 0.6 is 11.6 Å². The van der Waals surface area contributed by atoms with E-state index in [1.807, 2.05) is 6.92 Å². The van der Waals surface area contributed by atoms with Crippen molar-refractivity contribution in [3.8, 4) is 0 Å². The number of nitrogens with one attached hydrogen (secondary N) is 1. The van der Waals surface area contributed by atoms with Gasteiger partial charge in [-0.3, -0.25) is 0 Å². The van der Waals surface area contributed by atoms with Crippen molar-refractivity contribution in [2.24, 2.45) is 0 Å². The maximum absolute atomic E-state index is 9.29. The van der Waals surface area contributed by atoms with Crippen LogP contribution in [0.2, 0.25) is 0 Å². The van der Waals surface area contributed by atoms with Crippen LogP contribution in [0.3, 0.4) is 0 Å². The number of rotatable bonds is 4. The Hall–Kier alpha value is -0.0500. The number of hydrogen-bond acceptors (Lipinski definition) is 2. The molecule has 13 heavy (non-hydrogen) atoms. The summed E-state index contributed by atoms with van der Waals surface area (Å²) in [6, 6.07) is 0. The Morgan fingerprint density at radius 3 is 2.62 bits per heavy atom. The Morgan fingerprint density at radius 2 is 2.15 bits per heavy atom. The fourth-order valence-electron chi connectivity index (χ4n) is 1.81. The predicted octanol–water partition coefficient (Wildman–Crippen LogP) is 2.02. The van der Waals surface area contributed by atoms with E-state index in [0.29, 0.717) is 0 Å². The Balaban J connectivity index is 2.40. The van der Waals surface area contributed by atoms with Crippen LogP contribution in [0.4, 0.5) is 0 Å². The van der Waals surface area contributed by atoms with E-state index in [1.165, 1.54) is 12.8 Å². The van der Waals surface area contributed by atoms with Crippen LogP contribution in [-0.2, 0) is 0 Å². The van der Waals surface area contributed by atoms with Crippen LogP contribution < -0.4 is 5.32 Å². The normalized spacial score (nSPS) is 22.2. The first kappa shape index (κ1) is 11.0. The zero-order chi connectivity index (χ0) is 9.73. The summed E-state index contributed by atoms with van der Waals surface area (Å²) in [6.45, 7) is 3.01. The highest BCUT2D eigenvalue weighted by Crippen LogP contribution is 2.29. The molecule has 1 aliphatic rings. The highest BCUT2D eigenvalue weighted by molar-refractivity contribution is 6.25. The molecule has 0 aromatic carbocycles. The van der Waals surface area contributed by atoms with Crippen molar-refractivity contribution in [2.75, 3.05) is 13.2 Å². The summed E-state index contributed by atoms with van der Waals surface area (Å²) in [5.41, 5.74) is 2.68. The molecule has 2 nitrogen and oxygen atoms in total. The first-order valence-electron chi connectivity index (χ1n) is 4.84. The highest BCUT2D eigenvalue weighted by atomic mass is 35.5. The molecule has 0 spiro atoms. The van der Waals surface area contributed by atoms with Crippen LogP contribution in [0, 0.1) is 0 Å². The van der Waals surface area contributed by atoms with E-state index >= 15 is 0 Å². The summed E-state index contributed by atoms with van der Waals surface area (Å²) < 4.78 is 0. The Kier molecular flexibility index (Phi) is 4.23. The van der Waals surface area contributed by atoms with Crippen LogP contribution in [0.1, 0.15) is 32.6 Å². The maximum Gasteiger partial charge on any atom is 0.0613 e. The van der Waals surface area contributed by atoms with Crippen LogP contribution in [0.5, 0.6) is 0 Å². The fraction of sp³-hybridized carbons (Fsp3) is 0.800. The molecular weight excluding hydrogens is 186 g/mol. The second kappa shape index (κ2) is 4.99. The van der Waals surface area contributed by atoms with Gasteiger partial charge in [0.1, 0.15) is 0 Å². The molecule has 2 N–H and O–H groups in total. The second-order valence-corrected chi connectivity index (χ2v) is 4.17. The number of aliphatic hydroxyl groups excluding tert-OH is 1. The minimum absolute atomic E-state index is 0.0266. The summed E-state index contributed by atoms with van der Waals surface area (Å²) in [7, 11) is 0. The van der Waals surface area contributed by atoms with E-state index < -0.39 is 0 Å². The standard InChI is InChI=1S/C10H18ClNO/c1-9(6-11)7-12-10(8-13)4-2-3-5-10/h6,12-13H,2-5,7-8H2,1H3. The van der Waals surface area contributed by atoms with E-state index in [9.17, 15) is 5.11 Å². The molecule has 0 saturated heterocycles. The summed E-state index contributed by atoms with van der Waals surface area (Å²) in [4.78, 5) is 0. The van der Waals surface area contributed by atoms with Gasteiger partial charge in [-0.2, -0.15) is 0 Å². The fourth-order valence-corrected chi connectivity index (χ4v) is 1.89. The minimum Gasteiger partial charge on any atom is -0.394 e. The molecule has 76 valence electrons. The molecule has 0 atom stereocenters. The smallest absolute Gasteiger partial charge is 0.0613 e. The SMILES string of the molecule is CC(=CCl)CNC1(CO)CCCC1. The van der Waals surface area contributed by atoms with Crippen LogP contribution in [-0.4, -0.2) is 23.8 Å². The highest BCUT2D eigenvalue weighted by Gasteiger charge is 2.32. The lowest BCUT2D eigenvalue weighted by Gasteiger charge is -2.28. The Labute approximate surface area is 85.0 Å².